The van der Waals surface area contributed by atoms with Crippen molar-refractivity contribution in [1.29, 1.82) is 0 Å². The number of carbonyl (C=O) groups excluding carboxylic acids is 1. The first-order chi connectivity index (χ1) is 10.2. The molecular weight excluding hydrogens is 286 g/mol. The van der Waals surface area contributed by atoms with Crippen molar-refractivity contribution in [3.8, 4) is 0 Å². The molecule has 0 saturated carbocycles. The molecule has 0 aromatic heterocycles. The Bertz CT molecular complexity index is 628. The first-order valence-corrected chi connectivity index (χ1v) is 7.45. The topological polar surface area (TPSA) is 66.4 Å². The molecule has 2 rings (SSSR count). The molecule has 0 heterocycles. The lowest BCUT2D eigenvalue weighted by Gasteiger charge is -2.07. The molecule has 0 saturated heterocycles. The number of aryl methyl sites for hydroxylation is 1. The van der Waals surface area contributed by atoms with Crippen LogP contribution in [0.3, 0.4) is 0 Å². The number of hydrogen-bond donors (Lipinski definition) is 2. The van der Waals surface area contributed by atoms with Crippen LogP contribution in [0.1, 0.15) is 15.9 Å². The quantitative estimate of drug-likeness (QED) is 0.879. The number of anilines is 1. The van der Waals surface area contributed by atoms with Crippen molar-refractivity contribution < 1.29 is 14.7 Å². The van der Waals surface area contributed by atoms with E-state index in [0.717, 1.165) is 18.2 Å². The average molecular weight is 301 g/mol. The number of rotatable bonds is 5. The molecule has 0 aliphatic rings. The van der Waals surface area contributed by atoms with E-state index in [2.05, 4.69) is 5.32 Å². The molecule has 5 heteroatoms. The minimum atomic E-state index is -1.06. The second-order valence-electron chi connectivity index (χ2n) is 4.35. The minimum Gasteiger partial charge on any atom is -0.478 e. The second-order valence-corrected chi connectivity index (χ2v) is 5.41. The predicted octanol–water partition coefficient (Wildman–Crippen LogP) is 3.89. The zero-order valence-corrected chi connectivity index (χ0v) is 12.1. The molecule has 108 valence electrons. The molecule has 2 aromatic carbocycles. The van der Waals surface area contributed by atoms with Crippen LogP contribution in [0.2, 0.25) is 0 Å². The molecule has 0 aliphatic carbocycles. The fourth-order valence-corrected chi connectivity index (χ4v) is 2.54. The summed E-state index contributed by atoms with van der Waals surface area (Å²) in [6.07, 6.45) is 0.791. The van der Waals surface area contributed by atoms with Gasteiger partial charge in [-0.1, -0.05) is 54.2 Å². The van der Waals surface area contributed by atoms with Crippen LogP contribution in [0.25, 0.3) is 0 Å². The van der Waals surface area contributed by atoms with Gasteiger partial charge >= 0.3 is 5.97 Å². The molecule has 2 N–H and O–H groups in total. The summed E-state index contributed by atoms with van der Waals surface area (Å²) in [6.45, 7) is 0. The van der Waals surface area contributed by atoms with Gasteiger partial charge in [-0.3, -0.25) is 4.79 Å². The summed E-state index contributed by atoms with van der Waals surface area (Å²) < 4.78 is 0. The molecule has 0 fully saturated rings. The van der Waals surface area contributed by atoms with Gasteiger partial charge < -0.3 is 10.4 Å². The van der Waals surface area contributed by atoms with Crippen LogP contribution >= 0.6 is 11.8 Å². The van der Waals surface area contributed by atoms with E-state index in [1.165, 1.54) is 11.6 Å². The summed E-state index contributed by atoms with van der Waals surface area (Å²) in [7, 11) is 0. The van der Waals surface area contributed by atoms with E-state index >= 15 is 0 Å². The summed E-state index contributed by atoms with van der Waals surface area (Å²) in [5, 5.41) is 11.4. The summed E-state index contributed by atoms with van der Waals surface area (Å²) in [6, 6.07) is 16.3. The molecule has 0 bridgehead atoms. The highest BCUT2D eigenvalue weighted by molar-refractivity contribution is 8.13. The van der Waals surface area contributed by atoms with E-state index in [1.807, 2.05) is 30.3 Å². The van der Waals surface area contributed by atoms with Crippen molar-refractivity contribution in [3.05, 3.63) is 65.7 Å². The predicted molar refractivity (Wildman–Crippen MR) is 85.0 cm³/mol. The van der Waals surface area contributed by atoms with Gasteiger partial charge in [-0.15, -0.1) is 0 Å². The number of carbonyl (C=O) groups is 2. The van der Waals surface area contributed by atoms with Gasteiger partial charge in [-0.05, 0) is 24.1 Å². The van der Waals surface area contributed by atoms with E-state index < -0.39 is 5.97 Å². The fraction of sp³-hybridized carbons (Fsp3) is 0.125. The third-order valence-corrected chi connectivity index (χ3v) is 3.63. The van der Waals surface area contributed by atoms with Gasteiger partial charge in [0.2, 0.25) is 0 Å². The lowest BCUT2D eigenvalue weighted by Crippen LogP contribution is -2.10. The number of amides is 1. The summed E-state index contributed by atoms with van der Waals surface area (Å²) >= 11 is 1.14. The Kier molecular flexibility index (Phi) is 5.40. The van der Waals surface area contributed by atoms with Crippen LogP contribution in [0, 0.1) is 0 Å². The van der Waals surface area contributed by atoms with E-state index in [-0.39, 0.29) is 10.8 Å². The number of benzene rings is 2. The Morgan fingerprint density at radius 3 is 2.38 bits per heavy atom. The third-order valence-electron chi connectivity index (χ3n) is 2.86. The standard InChI is InChI=1S/C16H15NO3S/c18-15(19)13-8-4-5-9-14(13)17-16(20)21-11-10-12-6-2-1-3-7-12/h1-9H,10-11H2,(H,17,20)(H,18,19). The lowest BCUT2D eigenvalue weighted by molar-refractivity contribution is 0.0698. The maximum Gasteiger partial charge on any atom is 0.337 e. The fourth-order valence-electron chi connectivity index (χ4n) is 1.83. The molecule has 0 aliphatic heterocycles. The normalized spacial score (nSPS) is 10.1. The van der Waals surface area contributed by atoms with E-state index in [0.29, 0.717) is 11.4 Å². The van der Waals surface area contributed by atoms with E-state index in [1.54, 1.807) is 18.2 Å². The van der Waals surface area contributed by atoms with Crippen molar-refractivity contribution in [3.63, 3.8) is 0 Å². The third kappa shape index (κ3) is 4.65. The largest absolute Gasteiger partial charge is 0.478 e. The van der Waals surface area contributed by atoms with Crippen molar-refractivity contribution >= 4 is 28.7 Å². The number of carboxylic acid groups (broad SMARTS) is 1. The summed E-state index contributed by atoms with van der Waals surface area (Å²) in [5.41, 5.74) is 1.58. The van der Waals surface area contributed by atoms with Gasteiger partial charge in [-0.25, -0.2) is 4.79 Å². The van der Waals surface area contributed by atoms with Gasteiger partial charge in [0.15, 0.2) is 0 Å². The summed E-state index contributed by atoms with van der Waals surface area (Å²) in [4.78, 5) is 22.9. The molecule has 0 spiro atoms. The minimum absolute atomic E-state index is 0.0921. The van der Waals surface area contributed by atoms with Crippen molar-refractivity contribution in [2.45, 2.75) is 6.42 Å². The molecular formula is C16H15NO3S. The maximum atomic E-state index is 11.8. The number of thioether (sulfide) groups is 1. The van der Waals surface area contributed by atoms with Gasteiger partial charge in [0.25, 0.3) is 5.24 Å². The van der Waals surface area contributed by atoms with Crippen LogP contribution in [-0.4, -0.2) is 22.1 Å². The zero-order chi connectivity index (χ0) is 15.1. The molecule has 1 amide bonds. The van der Waals surface area contributed by atoms with Gasteiger partial charge in [0.05, 0.1) is 11.3 Å². The molecule has 21 heavy (non-hydrogen) atoms. The molecule has 4 nitrogen and oxygen atoms in total. The Morgan fingerprint density at radius 1 is 1.00 bits per heavy atom. The van der Waals surface area contributed by atoms with Crippen LogP contribution in [0.15, 0.2) is 54.6 Å². The number of aromatic carboxylic acids is 1. The highest BCUT2D eigenvalue weighted by atomic mass is 32.2. The van der Waals surface area contributed by atoms with Crippen LogP contribution in [-0.2, 0) is 6.42 Å². The molecule has 2 aromatic rings. The number of hydrogen-bond acceptors (Lipinski definition) is 3. The van der Waals surface area contributed by atoms with Crippen molar-refractivity contribution in [2.75, 3.05) is 11.1 Å². The highest BCUT2D eigenvalue weighted by Gasteiger charge is 2.11. The molecule has 0 atom stereocenters. The monoisotopic (exact) mass is 301 g/mol. The van der Waals surface area contributed by atoms with E-state index in [9.17, 15) is 9.59 Å². The maximum absolute atomic E-state index is 11.8. The molecule has 0 radical (unpaired) electrons. The Morgan fingerprint density at radius 2 is 1.67 bits per heavy atom. The van der Waals surface area contributed by atoms with Crippen LogP contribution in [0.4, 0.5) is 10.5 Å². The first kappa shape index (κ1) is 15.1. The Hall–Kier alpha value is -2.27. The van der Waals surface area contributed by atoms with Crippen molar-refractivity contribution in [2.24, 2.45) is 0 Å². The number of nitrogens with one attached hydrogen (secondary N) is 1. The van der Waals surface area contributed by atoms with Crippen LogP contribution in [0.5, 0.6) is 0 Å². The van der Waals surface area contributed by atoms with Gasteiger partial charge in [0, 0.05) is 5.75 Å². The lowest BCUT2D eigenvalue weighted by atomic mass is 10.2. The van der Waals surface area contributed by atoms with Gasteiger partial charge in [0.1, 0.15) is 0 Å². The smallest absolute Gasteiger partial charge is 0.337 e. The van der Waals surface area contributed by atoms with Gasteiger partial charge in [-0.2, -0.15) is 0 Å². The number of para-hydroxylation sites is 1. The van der Waals surface area contributed by atoms with Crippen LogP contribution < -0.4 is 5.32 Å². The second kappa shape index (κ2) is 7.50. The Labute approximate surface area is 127 Å². The van der Waals surface area contributed by atoms with Crippen molar-refractivity contribution in [1.82, 2.24) is 0 Å². The average Bonchev–Trinajstić information content (AvgIpc) is 2.48. The SMILES string of the molecule is O=C(Nc1ccccc1C(=O)O)SCCc1ccccc1. The Balaban J connectivity index is 1.86. The molecule has 0 unspecified atom stereocenters. The van der Waals surface area contributed by atoms with E-state index in [4.69, 9.17) is 5.11 Å². The summed E-state index contributed by atoms with van der Waals surface area (Å²) in [5.74, 6) is -0.411. The highest BCUT2D eigenvalue weighted by Crippen LogP contribution is 2.18. The zero-order valence-electron chi connectivity index (χ0n) is 11.3. The number of carboxylic acids is 1. The first-order valence-electron chi connectivity index (χ1n) is 6.47.